The Balaban J connectivity index is 1.50. The van der Waals surface area contributed by atoms with E-state index in [0.717, 1.165) is 39.2 Å². The molecule has 0 bridgehead atoms. The molecule has 174 valence electrons. The van der Waals surface area contributed by atoms with Crippen molar-refractivity contribution in [1.29, 1.82) is 0 Å². The Bertz CT molecular complexity index is 1400. The number of amides is 1. The fourth-order valence-corrected chi connectivity index (χ4v) is 4.77. The van der Waals surface area contributed by atoms with Crippen molar-refractivity contribution in [3.63, 3.8) is 0 Å². The number of benzene rings is 3. The van der Waals surface area contributed by atoms with Gasteiger partial charge in [-0.25, -0.2) is 4.98 Å². The number of aromatic nitrogens is 2. The van der Waals surface area contributed by atoms with Crippen LogP contribution in [0.25, 0.3) is 5.65 Å². The van der Waals surface area contributed by atoms with E-state index in [1.165, 1.54) is 0 Å². The highest BCUT2D eigenvalue weighted by molar-refractivity contribution is 5.78. The maximum atomic E-state index is 13.6. The van der Waals surface area contributed by atoms with Gasteiger partial charge < -0.3 is 9.72 Å². The minimum atomic E-state index is -0.216. The largest absolute Gasteiger partial charge is 0.345 e. The Hall–Kier alpha value is -4.18. The fraction of sp³-hybridized carbons (Fsp3) is 0.161. The predicted octanol–water partition coefficient (Wildman–Crippen LogP) is 6.38. The lowest BCUT2D eigenvalue weighted by Gasteiger charge is -2.23. The molecular formula is C31H29N3O. The van der Waals surface area contributed by atoms with Gasteiger partial charge in [0.05, 0.1) is 11.7 Å². The number of carbonyl (C=O) groups is 1. The number of hydrogen-bond donors (Lipinski definition) is 1. The van der Waals surface area contributed by atoms with E-state index in [2.05, 4.69) is 77.1 Å². The smallest absolute Gasteiger partial charge is 0.221 e. The normalized spacial score (nSPS) is 12.1. The first-order valence-electron chi connectivity index (χ1n) is 12.0. The number of imidazole rings is 1. The van der Waals surface area contributed by atoms with Gasteiger partial charge in [0, 0.05) is 24.7 Å². The van der Waals surface area contributed by atoms with Crippen LogP contribution in [0, 0.1) is 13.8 Å². The molecule has 1 unspecified atom stereocenters. The third kappa shape index (κ3) is 4.87. The number of hydrogen-bond acceptors (Lipinski definition) is 2. The maximum absolute atomic E-state index is 13.6. The lowest BCUT2D eigenvalue weighted by molar-refractivity contribution is -0.121. The molecule has 5 aromatic rings. The quantitative estimate of drug-likeness (QED) is 0.307. The molecule has 0 spiro atoms. The van der Waals surface area contributed by atoms with Crippen molar-refractivity contribution in [1.82, 2.24) is 14.7 Å². The lowest BCUT2D eigenvalue weighted by Crippen LogP contribution is -2.30. The predicted molar refractivity (Wildman–Crippen MR) is 140 cm³/mol. The monoisotopic (exact) mass is 459 g/mol. The van der Waals surface area contributed by atoms with Gasteiger partial charge in [-0.1, -0.05) is 84.9 Å². The molecular weight excluding hydrogens is 430 g/mol. The summed E-state index contributed by atoms with van der Waals surface area (Å²) in [7, 11) is 0. The summed E-state index contributed by atoms with van der Waals surface area (Å²) in [6.07, 6.45) is 4.28. The van der Waals surface area contributed by atoms with Gasteiger partial charge in [0.2, 0.25) is 5.91 Å². The number of carbonyl (C=O) groups excluding carboxylic acids is 1. The lowest BCUT2D eigenvalue weighted by atomic mass is 9.88. The van der Waals surface area contributed by atoms with Crippen molar-refractivity contribution in [2.75, 3.05) is 0 Å². The van der Waals surface area contributed by atoms with E-state index in [0.29, 0.717) is 6.42 Å². The summed E-state index contributed by atoms with van der Waals surface area (Å²) in [6.45, 7) is 4.16. The number of fused-ring (bicyclic) bond motifs is 1. The van der Waals surface area contributed by atoms with Crippen LogP contribution in [0.15, 0.2) is 109 Å². The van der Waals surface area contributed by atoms with Crippen LogP contribution in [0.5, 0.6) is 0 Å². The minimum Gasteiger partial charge on any atom is -0.345 e. The summed E-state index contributed by atoms with van der Waals surface area (Å²) < 4.78 is 2.10. The molecule has 1 atom stereocenters. The van der Waals surface area contributed by atoms with Gasteiger partial charge in [-0.05, 0) is 53.8 Å². The molecule has 1 amide bonds. The fourth-order valence-electron chi connectivity index (χ4n) is 4.77. The van der Waals surface area contributed by atoms with Crippen LogP contribution in [0.3, 0.4) is 0 Å². The van der Waals surface area contributed by atoms with Crippen LogP contribution in [0.2, 0.25) is 0 Å². The van der Waals surface area contributed by atoms with Crippen LogP contribution >= 0.6 is 0 Å². The Labute approximate surface area is 206 Å². The maximum Gasteiger partial charge on any atom is 0.221 e. The summed E-state index contributed by atoms with van der Waals surface area (Å²) in [5, 5.41) is 3.32. The third-order valence-electron chi connectivity index (χ3n) is 6.58. The second kappa shape index (κ2) is 9.98. The molecule has 0 saturated carbocycles. The van der Waals surface area contributed by atoms with Crippen molar-refractivity contribution in [2.45, 2.75) is 32.2 Å². The van der Waals surface area contributed by atoms with E-state index in [1.807, 2.05) is 60.9 Å². The summed E-state index contributed by atoms with van der Waals surface area (Å²) in [6, 6.07) is 32.5. The number of nitrogens with zero attached hydrogens (tertiary/aromatic N) is 2. The zero-order valence-electron chi connectivity index (χ0n) is 20.1. The molecule has 0 saturated heterocycles. The number of nitrogens with one attached hydrogen (secondary N) is 1. The topological polar surface area (TPSA) is 46.4 Å². The first-order valence-corrected chi connectivity index (χ1v) is 12.0. The molecule has 0 aliphatic rings. The van der Waals surface area contributed by atoms with Crippen molar-refractivity contribution in [3.8, 4) is 0 Å². The highest BCUT2D eigenvalue weighted by atomic mass is 16.1. The van der Waals surface area contributed by atoms with E-state index < -0.39 is 0 Å². The molecule has 5 rings (SSSR count). The Morgan fingerprint density at radius 1 is 0.857 bits per heavy atom. The van der Waals surface area contributed by atoms with E-state index in [9.17, 15) is 4.79 Å². The summed E-state index contributed by atoms with van der Waals surface area (Å²) in [5.41, 5.74) is 7.49. The number of pyridine rings is 1. The van der Waals surface area contributed by atoms with Crippen molar-refractivity contribution in [2.24, 2.45) is 0 Å². The molecule has 0 fully saturated rings. The molecule has 1 N–H and O–H groups in total. The van der Waals surface area contributed by atoms with E-state index in [1.54, 1.807) is 0 Å². The molecule has 0 radical (unpaired) electrons. The highest BCUT2D eigenvalue weighted by Gasteiger charge is 2.25. The summed E-state index contributed by atoms with van der Waals surface area (Å²) >= 11 is 0. The Morgan fingerprint density at radius 3 is 2.14 bits per heavy atom. The van der Waals surface area contributed by atoms with Crippen LogP contribution in [0.1, 0.15) is 51.9 Å². The molecule has 4 heteroatoms. The second-order valence-electron chi connectivity index (χ2n) is 9.05. The zero-order chi connectivity index (χ0) is 24.2. The second-order valence-corrected chi connectivity index (χ2v) is 9.05. The van der Waals surface area contributed by atoms with Crippen LogP contribution < -0.4 is 5.32 Å². The number of aryl methyl sites for hydroxylation is 2. The standard InChI is InChI=1S/C31H29N3O/c1-22-17-18-34-28(21-32-29(34)19-22)27(26-16-10-9-11-23(26)2)20-30(35)33-31(24-12-5-3-6-13-24)25-14-7-4-8-15-25/h3-19,21,27,31H,20H2,1-2H3,(H,33,35). The average Bonchev–Trinajstić information content (AvgIpc) is 3.30. The Kier molecular flexibility index (Phi) is 6.44. The third-order valence-corrected chi connectivity index (χ3v) is 6.58. The van der Waals surface area contributed by atoms with Gasteiger partial charge in [-0.3, -0.25) is 4.79 Å². The van der Waals surface area contributed by atoms with Gasteiger partial charge in [0.15, 0.2) is 0 Å². The minimum absolute atomic E-state index is 0.00183. The zero-order valence-corrected chi connectivity index (χ0v) is 20.1. The van der Waals surface area contributed by atoms with Gasteiger partial charge >= 0.3 is 0 Å². The van der Waals surface area contributed by atoms with Crippen LogP contribution in [-0.4, -0.2) is 15.3 Å². The van der Waals surface area contributed by atoms with Gasteiger partial charge in [-0.2, -0.15) is 0 Å². The van der Waals surface area contributed by atoms with Gasteiger partial charge in [-0.15, -0.1) is 0 Å². The molecule has 3 aromatic carbocycles. The van der Waals surface area contributed by atoms with Crippen molar-refractivity contribution < 1.29 is 4.79 Å². The van der Waals surface area contributed by atoms with Gasteiger partial charge in [0.1, 0.15) is 5.65 Å². The highest BCUT2D eigenvalue weighted by Crippen LogP contribution is 2.32. The molecule has 2 aromatic heterocycles. The van der Waals surface area contributed by atoms with Gasteiger partial charge in [0.25, 0.3) is 0 Å². The first kappa shape index (κ1) is 22.6. The van der Waals surface area contributed by atoms with Crippen LogP contribution in [-0.2, 0) is 4.79 Å². The summed E-state index contributed by atoms with van der Waals surface area (Å²) in [4.78, 5) is 18.3. The average molecular weight is 460 g/mol. The van der Waals surface area contributed by atoms with Crippen molar-refractivity contribution >= 4 is 11.6 Å². The molecule has 35 heavy (non-hydrogen) atoms. The number of rotatable bonds is 7. The Morgan fingerprint density at radius 2 is 1.49 bits per heavy atom. The SMILES string of the molecule is Cc1ccn2c(C(CC(=O)NC(c3ccccc3)c3ccccc3)c3ccccc3C)cnc2c1. The molecule has 0 aliphatic heterocycles. The summed E-state index contributed by atoms with van der Waals surface area (Å²) in [5.74, 6) is -0.126. The molecule has 0 aliphatic carbocycles. The van der Waals surface area contributed by atoms with Crippen LogP contribution in [0.4, 0.5) is 0 Å². The van der Waals surface area contributed by atoms with E-state index >= 15 is 0 Å². The van der Waals surface area contributed by atoms with E-state index in [4.69, 9.17) is 0 Å². The van der Waals surface area contributed by atoms with Crippen molar-refractivity contribution in [3.05, 3.63) is 143 Å². The molecule has 4 nitrogen and oxygen atoms in total. The van der Waals surface area contributed by atoms with E-state index in [-0.39, 0.29) is 17.9 Å². The molecule has 2 heterocycles. The first-order chi connectivity index (χ1) is 17.1.